The Labute approximate surface area is 90.0 Å². The molecule has 0 unspecified atom stereocenters. The molecule has 0 heterocycles. The molecule has 2 nitrogen and oxygen atoms in total. The van der Waals surface area contributed by atoms with Gasteiger partial charge < -0.3 is 9.53 Å². The fourth-order valence-corrected chi connectivity index (χ4v) is 0.981. The minimum atomic E-state index is -3.05. The predicted molar refractivity (Wildman–Crippen MR) is 50.6 cm³/mol. The summed E-state index contributed by atoms with van der Waals surface area (Å²) in [5.74, 6) is 3.82. The number of aldehydes is 1. The minimum absolute atomic E-state index is 0.0223. The molecule has 0 N–H and O–H groups in total. The van der Waals surface area contributed by atoms with E-state index in [2.05, 4.69) is 16.6 Å². The van der Waals surface area contributed by atoms with Gasteiger partial charge in [0.05, 0.1) is 12.0 Å². The first kappa shape index (κ1) is 12.1. The summed E-state index contributed by atoms with van der Waals surface area (Å²) in [4.78, 5) is 10.00. The smallest absolute Gasteiger partial charge is 0.387 e. The van der Waals surface area contributed by atoms with E-state index in [0.29, 0.717) is 6.29 Å². The quantitative estimate of drug-likeness (QED) is 0.586. The molecule has 5 heteroatoms. The molecule has 84 valence electrons. The Morgan fingerprint density at radius 2 is 2.19 bits per heavy atom. The normalized spacial score (nSPS) is 9.50. The summed E-state index contributed by atoms with van der Waals surface area (Å²) >= 11 is 0. The number of alkyl halides is 2. The van der Waals surface area contributed by atoms with Crippen LogP contribution in [0, 0.1) is 17.7 Å². The van der Waals surface area contributed by atoms with Crippen LogP contribution in [0.25, 0.3) is 0 Å². The molecule has 0 saturated heterocycles. The molecule has 0 atom stereocenters. The lowest BCUT2D eigenvalue weighted by Gasteiger charge is -2.06. The van der Waals surface area contributed by atoms with Gasteiger partial charge in [-0.3, -0.25) is 0 Å². The van der Waals surface area contributed by atoms with Crippen molar-refractivity contribution in [1.29, 1.82) is 0 Å². The fourth-order valence-electron chi connectivity index (χ4n) is 0.981. The zero-order valence-corrected chi connectivity index (χ0v) is 8.04. The van der Waals surface area contributed by atoms with Gasteiger partial charge in [0, 0.05) is 6.07 Å². The molecule has 0 aliphatic carbocycles. The average Bonchev–Trinajstić information content (AvgIpc) is 2.20. The number of benzene rings is 1. The van der Waals surface area contributed by atoms with Gasteiger partial charge in [0.15, 0.2) is 0 Å². The standard InChI is InChI=1S/C11H7F3O2/c12-9-5-4-8(3-1-2-6-15)10(7-9)16-11(13)14/h4-7,11H,2H2. The van der Waals surface area contributed by atoms with Crippen molar-refractivity contribution in [3.05, 3.63) is 29.6 Å². The molecule has 1 rings (SSSR count). The molecule has 0 saturated carbocycles. The minimum Gasteiger partial charge on any atom is -0.433 e. The van der Waals surface area contributed by atoms with E-state index in [9.17, 15) is 18.0 Å². The monoisotopic (exact) mass is 228 g/mol. The second kappa shape index (κ2) is 5.81. The van der Waals surface area contributed by atoms with Gasteiger partial charge in [-0.1, -0.05) is 11.8 Å². The van der Waals surface area contributed by atoms with E-state index in [1.165, 1.54) is 6.07 Å². The van der Waals surface area contributed by atoms with Crippen LogP contribution in [0.4, 0.5) is 13.2 Å². The van der Waals surface area contributed by atoms with Gasteiger partial charge in [-0.15, -0.1) is 0 Å². The van der Waals surface area contributed by atoms with Crippen LogP contribution in [0.5, 0.6) is 5.75 Å². The van der Waals surface area contributed by atoms with Gasteiger partial charge in [0.25, 0.3) is 0 Å². The van der Waals surface area contributed by atoms with Crippen molar-refractivity contribution in [2.45, 2.75) is 13.0 Å². The van der Waals surface area contributed by atoms with Crippen LogP contribution in [0.1, 0.15) is 12.0 Å². The highest BCUT2D eigenvalue weighted by Gasteiger charge is 2.09. The lowest BCUT2D eigenvalue weighted by molar-refractivity contribution is -0.107. The Morgan fingerprint density at radius 1 is 1.44 bits per heavy atom. The number of carbonyl (C=O) groups is 1. The van der Waals surface area contributed by atoms with E-state index < -0.39 is 12.4 Å². The molecule has 1 aromatic carbocycles. The van der Waals surface area contributed by atoms with E-state index in [0.717, 1.165) is 12.1 Å². The Morgan fingerprint density at radius 3 is 2.81 bits per heavy atom. The zero-order valence-electron chi connectivity index (χ0n) is 8.04. The molecular formula is C11H7F3O2. The van der Waals surface area contributed by atoms with E-state index in [4.69, 9.17) is 0 Å². The molecular weight excluding hydrogens is 221 g/mol. The number of carbonyl (C=O) groups excluding carboxylic acids is 1. The van der Waals surface area contributed by atoms with Crippen LogP contribution in [-0.2, 0) is 4.79 Å². The van der Waals surface area contributed by atoms with E-state index in [-0.39, 0.29) is 17.7 Å². The molecule has 0 aromatic heterocycles. The first-order valence-electron chi connectivity index (χ1n) is 4.30. The molecule has 0 spiro atoms. The third kappa shape index (κ3) is 3.65. The van der Waals surface area contributed by atoms with E-state index >= 15 is 0 Å². The van der Waals surface area contributed by atoms with E-state index in [1.54, 1.807) is 0 Å². The van der Waals surface area contributed by atoms with Gasteiger partial charge >= 0.3 is 6.61 Å². The second-order valence-electron chi connectivity index (χ2n) is 2.69. The first-order chi connectivity index (χ1) is 7.63. The van der Waals surface area contributed by atoms with Crippen LogP contribution in [0.2, 0.25) is 0 Å². The summed E-state index contributed by atoms with van der Waals surface area (Å²) in [6.07, 6.45) is 0.551. The van der Waals surface area contributed by atoms with Crippen molar-refractivity contribution in [3.63, 3.8) is 0 Å². The Kier molecular flexibility index (Phi) is 4.40. The highest BCUT2D eigenvalue weighted by atomic mass is 19.3. The molecule has 0 bridgehead atoms. The summed E-state index contributed by atoms with van der Waals surface area (Å²) < 4.78 is 40.8. The largest absolute Gasteiger partial charge is 0.433 e. The summed E-state index contributed by atoms with van der Waals surface area (Å²) in [6.45, 7) is -3.05. The number of hydrogen-bond donors (Lipinski definition) is 0. The molecule has 0 radical (unpaired) electrons. The Balaban J connectivity index is 2.98. The highest BCUT2D eigenvalue weighted by molar-refractivity contribution is 5.56. The summed E-state index contributed by atoms with van der Waals surface area (Å²) in [7, 11) is 0. The summed E-state index contributed by atoms with van der Waals surface area (Å²) in [6, 6.07) is 3.10. The third-order valence-corrected chi connectivity index (χ3v) is 1.57. The number of halogens is 3. The Bertz CT molecular complexity index is 433. The average molecular weight is 228 g/mol. The molecule has 0 aliphatic rings. The summed E-state index contributed by atoms with van der Waals surface area (Å²) in [5, 5.41) is 0. The van der Waals surface area contributed by atoms with Crippen molar-refractivity contribution in [2.24, 2.45) is 0 Å². The predicted octanol–water partition coefficient (Wildman–Crippen LogP) is 2.37. The maximum absolute atomic E-state index is 12.8. The van der Waals surface area contributed by atoms with Gasteiger partial charge in [-0.25, -0.2) is 4.39 Å². The van der Waals surface area contributed by atoms with E-state index in [1.807, 2.05) is 0 Å². The lowest BCUT2D eigenvalue weighted by Crippen LogP contribution is -2.03. The first-order valence-corrected chi connectivity index (χ1v) is 4.30. The third-order valence-electron chi connectivity index (χ3n) is 1.57. The van der Waals surface area contributed by atoms with Crippen LogP contribution in [0.15, 0.2) is 18.2 Å². The maximum Gasteiger partial charge on any atom is 0.387 e. The number of hydrogen-bond acceptors (Lipinski definition) is 2. The highest BCUT2D eigenvalue weighted by Crippen LogP contribution is 2.21. The zero-order chi connectivity index (χ0) is 12.0. The van der Waals surface area contributed by atoms with Gasteiger partial charge in [-0.05, 0) is 12.1 Å². The van der Waals surface area contributed by atoms with Crippen LogP contribution >= 0.6 is 0 Å². The second-order valence-corrected chi connectivity index (χ2v) is 2.69. The van der Waals surface area contributed by atoms with Crippen LogP contribution < -0.4 is 4.74 Å². The van der Waals surface area contributed by atoms with Crippen molar-refractivity contribution in [2.75, 3.05) is 0 Å². The lowest BCUT2D eigenvalue weighted by atomic mass is 10.2. The molecule has 0 amide bonds. The van der Waals surface area contributed by atoms with Gasteiger partial charge in [0.2, 0.25) is 0 Å². The van der Waals surface area contributed by atoms with Crippen molar-refractivity contribution >= 4 is 6.29 Å². The number of rotatable bonds is 3. The van der Waals surface area contributed by atoms with Gasteiger partial charge in [-0.2, -0.15) is 8.78 Å². The topological polar surface area (TPSA) is 26.3 Å². The maximum atomic E-state index is 12.8. The van der Waals surface area contributed by atoms with Crippen LogP contribution in [0.3, 0.4) is 0 Å². The van der Waals surface area contributed by atoms with Crippen molar-refractivity contribution in [1.82, 2.24) is 0 Å². The SMILES string of the molecule is O=CCC#Cc1ccc(F)cc1OC(F)F. The number of ether oxygens (including phenoxy) is 1. The van der Waals surface area contributed by atoms with Crippen LogP contribution in [-0.4, -0.2) is 12.9 Å². The van der Waals surface area contributed by atoms with Crippen molar-refractivity contribution in [3.8, 4) is 17.6 Å². The summed E-state index contributed by atoms with van der Waals surface area (Å²) in [5.41, 5.74) is 0.114. The molecule has 16 heavy (non-hydrogen) atoms. The Hall–Kier alpha value is -1.96. The van der Waals surface area contributed by atoms with Crippen molar-refractivity contribution < 1.29 is 22.7 Å². The fraction of sp³-hybridized carbons (Fsp3) is 0.182. The van der Waals surface area contributed by atoms with Gasteiger partial charge in [0.1, 0.15) is 17.9 Å². The molecule has 0 aliphatic heterocycles. The molecule has 0 fully saturated rings. The molecule has 1 aromatic rings.